The number of nitrogens with zero attached hydrogens (tertiary/aromatic N) is 1. The molecule has 142 valence electrons. The number of carboxylic acids is 1. The standard InChI is InChI=1S/C21H23NO5/c1-14(22-9-11-27-12-10-22)15-3-5-16(6-4-15)19-13-17(20(23)24)7-8-18(19)21(25)26-2/h3-8,13-14H,9-12H2,1-2H3,(H,23,24)/t14-/m0/s1. The summed E-state index contributed by atoms with van der Waals surface area (Å²) in [5, 5.41) is 9.27. The third kappa shape index (κ3) is 4.18. The normalized spacial score (nSPS) is 15.9. The Kier molecular flexibility index (Phi) is 5.88. The van der Waals surface area contributed by atoms with Crippen molar-refractivity contribution in [2.45, 2.75) is 13.0 Å². The predicted molar refractivity (Wildman–Crippen MR) is 101 cm³/mol. The van der Waals surface area contributed by atoms with E-state index in [-0.39, 0.29) is 11.6 Å². The molecule has 0 spiro atoms. The van der Waals surface area contributed by atoms with Crippen molar-refractivity contribution >= 4 is 11.9 Å². The molecule has 0 amide bonds. The Morgan fingerprint density at radius 3 is 2.37 bits per heavy atom. The van der Waals surface area contributed by atoms with Crippen molar-refractivity contribution < 1.29 is 24.2 Å². The SMILES string of the molecule is COC(=O)c1ccc(C(=O)O)cc1-c1ccc([C@H](C)N2CCOCC2)cc1. The summed E-state index contributed by atoms with van der Waals surface area (Å²) in [6, 6.07) is 12.5. The number of hydrogen-bond donors (Lipinski definition) is 1. The number of esters is 1. The second-order valence-corrected chi connectivity index (χ2v) is 6.50. The van der Waals surface area contributed by atoms with Gasteiger partial charge in [0, 0.05) is 19.1 Å². The Morgan fingerprint density at radius 2 is 1.78 bits per heavy atom. The average molecular weight is 369 g/mol. The molecule has 0 radical (unpaired) electrons. The predicted octanol–water partition coefficient (Wildman–Crippen LogP) is 3.23. The molecule has 1 heterocycles. The van der Waals surface area contributed by atoms with E-state index >= 15 is 0 Å². The van der Waals surface area contributed by atoms with E-state index < -0.39 is 11.9 Å². The molecule has 1 aliphatic heterocycles. The molecule has 0 bridgehead atoms. The largest absolute Gasteiger partial charge is 0.478 e. The first kappa shape index (κ1) is 19.1. The van der Waals surface area contributed by atoms with Crippen molar-refractivity contribution in [1.82, 2.24) is 4.90 Å². The zero-order valence-corrected chi connectivity index (χ0v) is 15.5. The van der Waals surface area contributed by atoms with Gasteiger partial charge in [0.1, 0.15) is 0 Å². The molecule has 1 saturated heterocycles. The fourth-order valence-electron chi connectivity index (χ4n) is 3.32. The topological polar surface area (TPSA) is 76.1 Å². The smallest absolute Gasteiger partial charge is 0.338 e. The Labute approximate surface area is 158 Å². The highest BCUT2D eigenvalue weighted by molar-refractivity contribution is 6.00. The summed E-state index contributed by atoms with van der Waals surface area (Å²) in [5.41, 5.74) is 2.96. The highest BCUT2D eigenvalue weighted by Gasteiger charge is 2.20. The van der Waals surface area contributed by atoms with Crippen molar-refractivity contribution in [3.05, 3.63) is 59.2 Å². The molecular weight excluding hydrogens is 346 g/mol. The lowest BCUT2D eigenvalue weighted by Crippen LogP contribution is -2.37. The first-order valence-corrected chi connectivity index (χ1v) is 8.89. The molecule has 0 aromatic heterocycles. The summed E-state index contributed by atoms with van der Waals surface area (Å²) < 4.78 is 10.2. The maximum Gasteiger partial charge on any atom is 0.338 e. The molecule has 1 N–H and O–H groups in total. The molecule has 3 rings (SSSR count). The van der Waals surface area contributed by atoms with Crippen molar-refractivity contribution in [2.75, 3.05) is 33.4 Å². The fraction of sp³-hybridized carbons (Fsp3) is 0.333. The van der Waals surface area contributed by atoms with Gasteiger partial charge < -0.3 is 14.6 Å². The highest BCUT2D eigenvalue weighted by atomic mass is 16.5. The van der Waals surface area contributed by atoms with Crippen molar-refractivity contribution in [3.63, 3.8) is 0 Å². The van der Waals surface area contributed by atoms with Gasteiger partial charge in [-0.15, -0.1) is 0 Å². The molecule has 6 nitrogen and oxygen atoms in total. The van der Waals surface area contributed by atoms with Crippen LogP contribution in [0.2, 0.25) is 0 Å². The molecule has 0 aliphatic carbocycles. The van der Waals surface area contributed by atoms with E-state index in [1.165, 1.54) is 25.3 Å². The van der Waals surface area contributed by atoms with Gasteiger partial charge in [-0.3, -0.25) is 4.90 Å². The van der Waals surface area contributed by atoms with E-state index in [1.807, 2.05) is 24.3 Å². The monoisotopic (exact) mass is 369 g/mol. The number of carbonyl (C=O) groups excluding carboxylic acids is 1. The van der Waals surface area contributed by atoms with Crippen LogP contribution >= 0.6 is 0 Å². The van der Waals surface area contributed by atoms with Gasteiger partial charge in [0.15, 0.2) is 0 Å². The maximum atomic E-state index is 12.1. The number of carbonyl (C=O) groups is 2. The molecule has 27 heavy (non-hydrogen) atoms. The summed E-state index contributed by atoms with van der Waals surface area (Å²) in [4.78, 5) is 25.8. The van der Waals surface area contributed by atoms with E-state index in [0.717, 1.165) is 37.4 Å². The molecule has 6 heteroatoms. The summed E-state index contributed by atoms with van der Waals surface area (Å²) in [5.74, 6) is -1.53. The van der Waals surface area contributed by atoms with Crippen LogP contribution in [0.25, 0.3) is 11.1 Å². The van der Waals surface area contributed by atoms with Gasteiger partial charge in [0.05, 0.1) is 31.5 Å². The minimum Gasteiger partial charge on any atom is -0.478 e. The van der Waals surface area contributed by atoms with Crippen LogP contribution in [0.1, 0.15) is 39.2 Å². The third-order valence-electron chi connectivity index (χ3n) is 4.97. The maximum absolute atomic E-state index is 12.1. The molecule has 1 aliphatic rings. The number of aromatic carboxylic acids is 1. The third-order valence-corrected chi connectivity index (χ3v) is 4.97. The van der Waals surface area contributed by atoms with E-state index in [4.69, 9.17) is 9.47 Å². The van der Waals surface area contributed by atoms with Crippen molar-refractivity contribution in [2.24, 2.45) is 0 Å². The van der Waals surface area contributed by atoms with Crippen LogP contribution in [0.15, 0.2) is 42.5 Å². The Bertz CT molecular complexity index is 825. The first-order valence-electron chi connectivity index (χ1n) is 8.89. The number of benzene rings is 2. The second kappa shape index (κ2) is 8.33. The van der Waals surface area contributed by atoms with Crippen LogP contribution in [0, 0.1) is 0 Å². The second-order valence-electron chi connectivity index (χ2n) is 6.50. The number of carboxylic acid groups (broad SMARTS) is 1. The minimum atomic E-state index is -1.04. The van der Waals surface area contributed by atoms with Crippen LogP contribution in [-0.2, 0) is 9.47 Å². The van der Waals surface area contributed by atoms with Crippen LogP contribution < -0.4 is 0 Å². The lowest BCUT2D eigenvalue weighted by atomic mass is 9.95. The number of morpholine rings is 1. The molecule has 0 saturated carbocycles. The summed E-state index contributed by atoms with van der Waals surface area (Å²) in [7, 11) is 1.31. The van der Waals surface area contributed by atoms with Crippen LogP contribution in [-0.4, -0.2) is 55.4 Å². The molecule has 1 atom stereocenters. The van der Waals surface area contributed by atoms with E-state index in [9.17, 15) is 14.7 Å². The summed E-state index contributed by atoms with van der Waals surface area (Å²) in [6.07, 6.45) is 0. The van der Waals surface area contributed by atoms with Gasteiger partial charge in [-0.1, -0.05) is 24.3 Å². The van der Waals surface area contributed by atoms with Gasteiger partial charge >= 0.3 is 11.9 Å². The van der Waals surface area contributed by atoms with E-state index in [2.05, 4.69) is 11.8 Å². The summed E-state index contributed by atoms with van der Waals surface area (Å²) >= 11 is 0. The Balaban J connectivity index is 1.92. The molecular formula is C21H23NO5. The lowest BCUT2D eigenvalue weighted by Gasteiger charge is -2.32. The quantitative estimate of drug-likeness (QED) is 0.816. The van der Waals surface area contributed by atoms with Gasteiger partial charge in [0.2, 0.25) is 0 Å². The van der Waals surface area contributed by atoms with Gasteiger partial charge in [-0.2, -0.15) is 0 Å². The van der Waals surface area contributed by atoms with Gasteiger partial charge in [0.25, 0.3) is 0 Å². The number of ether oxygens (including phenoxy) is 2. The van der Waals surface area contributed by atoms with Crippen LogP contribution in [0.5, 0.6) is 0 Å². The van der Waals surface area contributed by atoms with Crippen molar-refractivity contribution in [3.8, 4) is 11.1 Å². The fourth-order valence-corrected chi connectivity index (χ4v) is 3.32. The lowest BCUT2D eigenvalue weighted by molar-refractivity contribution is 0.0198. The average Bonchev–Trinajstić information content (AvgIpc) is 2.73. The first-order chi connectivity index (χ1) is 13.0. The zero-order chi connectivity index (χ0) is 19.4. The number of hydrogen-bond acceptors (Lipinski definition) is 5. The molecule has 2 aromatic carbocycles. The van der Waals surface area contributed by atoms with Gasteiger partial charge in [-0.05, 0) is 41.8 Å². The van der Waals surface area contributed by atoms with E-state index in [1.54, 1.807) is 0 Å². The Morgan fingerprint density at radius 1 is 1.11 bits per heavy atom. The zero-order valence-electron chi connectivity index (χ0n) is 15.5. The molecule has 1 fully saturated rings. The summed E-state index contributed by atoms with van der Waals surface area (Å²) in [6.45, 7) is 5.44. The Hall–Kier alpha value is -2.70. The van der Waals surface area contributed by atoms with Crippen LogP contribution in [0.4, 0.5) is 0 Å². The van der Waals surface area contributed by atoms with Gasteiger partial charge in [-0.25, -0.2) is 9.59 Å². The highest BCUT2D eigenvalue weighted by Crippen LogP contribution is 2.29. The van der Waals surface area contributed by atoms with Crippen molar-refractivity contribution in [1.29, 1.82) is 0 Å². The molecule has 0 unspecified atom stereocenters. The van der Waals surface area contributed by atoms with Crippen LogP contribution in [0.3, 0.4) is 0 Å². The molecule has 2 aromatic rings. The van der Waals surface area contributed by atoms with E-state index in [0.29, 0.717) is 11.1 Å². The number of methoxy groups -OCH3 is 1. The number of rotatable bonds is 5. The minimum absolute atomic E-state index is 0.128.